The molecule has 0 heterocycles. The molecule has 1 rings (SSSR count). The highest BCUT2D eigenvalue weighted by molar-refractivity contribution is 6.08. The SMILES string of the molecule is CCC(C(=O)[O-])C(=O)c1c(F)c(F)c(F)c(F)c1F. The third-order valence-corrected chi connectivity index (χ3v) is 2.47. The molecule has 1 atom stereocenters. The Hall–Kier alpha value is -1.99. The van der Waals surface area contributed by atoms with Crippen molar-refractivity contribution in [3.8, 4) is 0 Å². The number of carboxylic acid groups (broad SMARTS) is 1. The van der Waals surface area contributed by atoms with Gasteiger partial charge in [-0.05, 0) is 6.42 Å². The smallest absolute Gasteiger partial charge is 0.200 e. The molecule has 8 heteroatoms. The maximum Gasteiger partial charge on any atom is 0.200 e. The molecule has 19 heavy (non-hydrogen) atoms. The van der Waals surface area contributed by atoms with Crippen LogP contribution in [0.4, 0.5) is 22.0 Å². The van der Waals surface area contributed by atoms with E-state index >= 15 is 0 Å². The number of benzene rings is 1. The monoisotopic (exact) mass is 281 g/mol. The summed E-state index contributed by atoms with van der Waals surface area (Å²) in [6.07, 6.45) is -0.416. The molecule has 0 saturated heterocycles. The Morgan fingerprint density at radius 1 is 0.947 bits per heavy atom. The normalized spacial score (nSPS) is 12.3. The van der Waals surface area contributed by atoms with E-state index in [1.165, 1.54) is 6.92 Å². The van der Waals surface area contributed by atoms with E-state index in [0.29, 0.717) is 0 Å². The van der Waals surface area contributed by atoms with Crippen LogP contribution in [0, 0.1) is 35.0 Å². The minimum Gasteiger partial charge on any atom is -0.549 e. The van der Waals surface area contributed by atoms with Gasteiger partial charge >= 0.3 is 0 Å². The zero-order valence-corrected chi connectivity index (χ0v) is 9.40. The summed E-state index contributed by atoms with van der Waals surface area (Å²) in [6.45, 7) is 1.18. The third-order valence-electron chi connectivity index (χ3n) is 2.47. The first-order valence-electron chi connectivity index (χ1n) is 5.00. The van der Waals surface area contributed by atoms with Crippen LogP contribution < -0.4 is 5.11 Å². The molecule has 0 bridgehead atoms. The number of ketones is 1. The lowest BCUT2D eigenvalue weighted by Gasteiger charge is -2.16. The van der Waals surface area contributed by atoms with E-state index in [9.17, 15) is 36.6 Å². The molecule has 1 aromatic rings. The first kappa shape index (κ1) is 15.1. The Morgan fingerprint density at radius 3 is 1.63 bits per heavy atom. The summed E-state index contributed by atoms with van der Waals surface area (Å²) < 4.78 is 65.0. The number of halogens is 5. The van der Waals surface area contributed by atoms with E-state index in [1.54, 1.807) is 0 Å². The third kappa shape index (κ3) is 2.42. The van der Waals surface area contributed by atoms with Crippen LogP contribution in [0.25, 0.3) is 0 Å². The highest BCUT2D eigenvalue weighted by Gasteiger charge is 2.32. The minimum atomic E-state index is -2.42. The van der Waals surface area contributed by atoms with Gasteiger partial charge in [0.25, 0.3) is 0 Å². The topological polar surface area (TPSA) is 57.2 Å². The molecule has 104 valence electrons. The molecule has 0 aromatic heterocycles. The summed E-state index contributed by atoms with van der Waals surface area (Å²) in [7, 11) is 0. The molecule has 1 aromatic carbocycles. The summed E-state index contributed by atoms with van der Waals surface area (Å²) >= 11 is 0. The van der Waals surface area contributed by atoms with E-state index in [-0.39, 0.29) is 0 Å². The zero-order chi connectivity index (χ0) is 14.9. The molecule has 0 radical (unpaired) electrons. The second kappa shape index (κ2) is 5.33. The molecule has 0 amide bonds. The van der Waals surface area contributed by atoms with Gasteiger partial charge in [0.15, 0.2) is 29.1 Å². The molecule has 0 aliphatic heterocycles. The maximum absolute atomic E-state index is 13.3. The van der Waals surface area contributed by atoms with Gasteiger partial charge in [0.05, 0.1) is 17.5 Å². The van der Waals surface area contributed by atoms with Crippen LogP contribution in [0.3, 0.4) is 0 Å². The van der Waals surface area contributed by atoms with Gasteiger partial charge in [0, 0.05) is 0 Å². The summed E-state index contributed by atoms with van der Waals surface area (Å²) in [6, 6.07) is 0. The van der Waals surface area contributed by atoms with Gasteiger partial charge in [-0.2, -0.15) is 0 Å². The molecule has 0 aliphatic carbocycles. The van der Waals surface area contributed by atoms with Gasteiger partial charge in [-0.3, -0.25) is 4.79 Å². The quantitative estimate of drug-likeness (QED) is 0.275. The van der Waals surface area contributed by atoms with Crippen LogP contribution in [-0.4, -0.2) is 11.8 Å². The molecule has 1 unspecified atom stereocenters. The van der Waals surface area contributed by atoms with Gasteiger partial charge in [-0.25, -0.2) is 22.0 Å². The Labute approximate surface area is 103 Å². The fourth-order valence-corrected chi connectivity index (χ4v) is 1.45. The lowest BCUT2D eigenvalue weighted by molar-refractivity contribution is -0.309. The molecule has 0 fully saturated rings. The average molecular weight is 281 g/mol. The summed E-state index contributed by atoms with van der Waals surface area (Å²) in [5.74, 6) is -17.4. The largest absolute Gasteiger partial charge is 0.549 e. The lowest BCUT2D eigenvalue weighted by atomic mass is 9.94. The molecule has 3 nitrogen and oxygen atoms in total. The van der Waals surface area contributed by atoms with Crippen LogP contribution in [0.1, 0.15) is 23.7 Å². The molecule has 0 aliphatic rings. The van der Waals surface area contributed by atoms with Crippen molar-refractivity contribution in [2.24, 2.45) is 5.92 Å². The standard InChI is InChI=1S/C11H7F5O3/c1-2-3(11(18)19)10(17)4-5(12)7(14)9(16)8(15)6(4)13/h3H,2H2,1H3,(H,18,19)/p-1. The van der Waals surface area contributed by atoms with E-state index in [1.807, 2.05) is 0 Å². The number of carbonyl (C=O) groups excluding carboxylic acids is 2. The fraction of sp³-hybridized carbons (Fsp3) is 0.273. The van der Waals surface area contributed by atoms with Crippen molar-refractivity contribution in [2.45, 2.75) is 13.3 Å². The molecule has 0 spiro atoms. The Kier molecular flexibility index (Phi) is 4.23. The molecule has 0 N–H and O–H groups in total. The zero-order valence-electron chi connectivity index (χ0n) is 9.40. The first-order valence-corrected chi connectivity index (χ1v) is 5.00. The van der Waals surface area contributed by atoms with Crippen LogP contribution >= 0.6 is 0 Å². The highest BCUT2D eigenvalue weighted by Crippen LogP contribution is 2.25. The van der Waals surface area contributed by atoms with Gasteiger partial charge in [0.1, 0.15) is 0 Å². The molecule has 0 saturated carbocycles. The number of Topliss-reactive ketones (excluding diaryl/α,β-unsaturated/α-hetero) is 1. The van der Waals surface area contributed by atoms with Crippen LogP contribution in [-0.2, 0) is 4.79 Å². The Morgan fingerprint density at radius 2 is 1.32 bits per heavy atom. The van der Waals surface area contributed by atoms with Crippen LogP contribution in [0.5, 0.6) is 0 Å². The Balaban J connectivity index is 3.52. The molecular formula is C11H6F5O3-. The van der Waals surface area contributed by atoms with Crippen molar-refractivity contribution in [1.29, 1.82) is 0 Å². The van der Waals surface area contributed by atoms with Crippen molar-refractivity contribution in [1.82, 2.24) is 0 Å². The predicted molar refractivity (Wildman–Crippen MR) is 49.4 cm³/mol. The van der Waals surface area contributed by atoms with E-state index in [4.69, 9.17) is 0 Å². The number of hydrogen-bond donors (Lipinski definition) is 0. The van der Waals surface area contributed by atoms with Crippen molar-refractivity contribution in [2.75, 3.05) is 0 Å². The summed E-state index contributed by atoms with van der Waals surface area (Å²) in [5.41, 5.74) is -1.77. The number of rotatable bonds is 4. The molecular weight excluding hydrogens is 275 g/mol. The van der Waals surface area contributed by atoms with E-state index in [2.05, 4.69) is 0 Å². The average Bonchev–Trinajstić information content (AvgIpc) is 2.34. The van der Waals surface area contributed by atoms with Crippen LogP contribution in [0.2, 0.25) is 0 Å². The van der Waals surface area contributed by atoms with Crippen molar-refractivity contribution in [3.05, 3.63) is 34.6 Å². The highest BCUT2D eigenvalue weighted by atomic mass is 19.2. The van der Waals surface area contributed by atoms with E-state index < -0.39 is 58.7 Å². The van der Waals surface area contributed by atoms with Gasteiger partial charge < -0.3 is 9.90 Å². The predicted octanol–water partition coefficient (Wildman–Crippen LogP) is 1.34. The van der Waals surface area contributed by atoms with E-state index in [0.717, 1.165) is 0 Å². The second-order valence-corrected chi connectivity index (χ2v) is 3.59. The number of carbonyl (C=O) groups is 2. The van der Waals surface area contributed by atoms with Crippen LogP contribution in [0.15, 0.2) is 0 Å². The minimum absolute atomic E-state index is 0.416. The Bertz CT molecular complexity index is 527. The van der Waals surface area contributed by atoms with Gasteiger partial charge in [0.2, 0.25) is 5.82 Å². The summed E-state index contributed by atoms with van der Waals surface area (Å²) in [5, 5.41) is 10.6. The second-order valence-electron chi connectivity index (χ2n) is 3.59. The van der Waals surface area contributed by atoms with Gasteiger partial charge in [-0.1, -0.05) is 6.92 Å². The summed E-state index contributed by atoms with van der Waals surface area (Å²) in [4.78, 5) is 22.1. The van der Waals surface area contributed by atoms with Gasteiger partial charge in [-0.15, -0.1) is 0 Å². The van der Waals surface area contributed by atoms with Crippen molar-refractivity contribution < 1.29 is 36.6 Å². The van der Waals surface area contributed by atoms with Crippen molar-refractivity contribution >= 4 is 11.8 Å². The maximum atomic E-state index is 13.3. The number of hydrogen-bond acceptors (Lipinski definition) is 3. The number of aliphatic carboxylic acids is 1. The lowest BCUT2D eigenvalue weighted by Crippen LogP contribution is -2.37. The first-order chi connectivity index (χ1) is 8.73. The number of carboxylic acids is 1. The fourth-order valence-electron chi connectivity index (χ4n) is 1.45. The van der Waals surface area contributed by atoms with Crippen molar-refractivity contribution in [3.63, 3.8) is 0 Å².